The minimum absolute atomic E-state index is 0. The average molecular weight is 522 g/mol. The minimum atomic E-state index is -4.43. The molecule has 0 aliphatic heterocycles. The van der Waals surface area contributed by atoms with Crippen LogP contribution in [0.3, 0.4) is 0 Å². The highest BCUT2D eigenvalue weighted by molar-refractivity contribution is 14.0. The van der Waals surface area contributed by atoms with Crippen molar-refractivity contribution >= 4 is 46.6 Å². The second-order valence-corrected chi connectivity index (χ2v) is 6.49. The summed E-state index contributed by atoms with van der Waals surface area (Å²) in [4.78, 5) is 16.7. The summed E-state index contributed by atoms with van der Waals surface area (Å²) in [6.45, 7) is 2.73. The fraction of sp³-hybridized carbons (Fsp3) is 0.400. The van der Waals surface area contributed by atoms with Crippen LogP contribution in [0.2, 0.25) is 0 Å². The molecule has 1 unspecified atom stereocenters. The van der Waals surface area contributed by atoms with E-state index in [0.717, 1.165) is 23.4 Å². The zero-order valence-corrected chi connectivity index (χ0v) is 18.9. The Morgan fingerprint density at radius 2 is 1.83 bits per heavy atom. The van der Waals surface area contributed by atoms with Gasteiger partial charge in [0, 0.05) is 13.6 Å². The third-order valence-corrected chi connectivity index (χ3v) is 4.20. The summed E-state index contributed by atoms with van der Waals surface area (Å²) < 4.78 is 37.3. The summed E-state index contributed by atoms with van der Waals surface area (Å²) in [6.07, 6.45) is -4.43. The van der Waals surface area contributed by atoms with Gasteiger partial charge in [-0.25, -0.2) is 4.99 Å². The summed E-state index contributed by atoms with van der Waals surface area (Å²) in [5.74, 6) is -0.330. The van der Waals surface area contributed by atoms with Crippen LogP contribution in [0.4, 0.5) is 13.2 Å². The van der Waals surface area contributed by atoms with Crippen LogP contribution in [0.1, 0.15) is 25.5 Å². The molecule has 2 aromatic rings. The maximum Gasteiger partial charge on any atom is 0.406 e. The molecule has 0 aliphatic carbocycles. The zero-order chi connectivity index (χ0) is 20.7. The monoisotopic (exact) mass is 522 g/mol. The van der Waals surface area contributed by atoms with Gasteiger partial charge in [-0.2, -0.15) is 13.2 Å². The Labute approximate surface area is 185 Å². The minimum Gasteiger partial charge on any atom is -0.357 e. The number of fused-ring (bicyclic) bond motifs is 1. The lowest BCUT2D eigenvalue weighted by atomic mass is 10.00. The maximum absolute atomic E-state index is 12.4. The van der Waals surface area contributed by atoms with Crippen molar-refractivity contribution in [1.82, 2.24) is 15.5 Å². The van der Waals surface area contributed by atoms with E-state index in [1.54, 1.807) is 0 Å². The van der Waals surface area contributed by atoms with E-state index in [1.807, 2.05) is 56.3 Å². The van der Waals surface area contributed by atoms with Gasteiger partial charge in [0.2, 0.25) is 5.91 Å². The molecule has 2 aromatic carbocycles. The van der Waals surface area contributed by atoms with Crippen molar-refractivity contribution in [3.63, 3.8) is 0 Å². The number of nitrogens with zero attached hydrogens (tertiary/aromatic N) is 2. The standard InChI is InChI=1S/C20H25F3N4O.HI/c1-4-24-19(25-12-18(28)27(3)13-20(21,22)23)26-14(2)16-11-7-9-15-8-5-6-10-17(15)16;/h5-11,14H,4,12-13H2,1-3H3,(H2,24,25,26);1H. The second-order valence-electron chi connectivity index (χ2n) is 6.49. The Hall–Kier alpha value is -2.04. The van der Waals surface area contributed by atoms with Crippen molar-refractivity contribution in [1.29, 1.82) is 0 Å². The predicted molar refractivity (Wildman–Crippen MR) is 121 cm³/mol. The number of benzene rings is 2. The van der Waals surface area contributed by atoms with Gasteiger partial charge < -0.3 is 15.5 Å². The largest absolute Gasteiger partial charge is 0.406 e. The molecule has 0 heterocycles. The number of hydrogen-bond donors (Lipinski definition) is 2. The van der Waals surface area contributed by atoms with E-state index >= 15 is 0 Å². The molecular formula is C20H26F3IN4O. The lowest BCUT2D eigenvalue weighted by molar-refractivity contribution is -0.157. The summed E-state index contributed by atoms with van der Waals surface area (Å²) >= 11 is 0. The molecule has 2 rings (SSSR count). The van der Waals surface area contributed by atoms with Gasteiger partial charge in [0.05, 0.1) is 6.04 Å². The Morgan fingerprint density at radius 3 is 2.48 bits per heavy atom. The van der Waals surface area contributed by atoms with Crippen LogP contribution in [0.15, 0.2) is 47.5 Å². The van der Waals surface area contributed by atoms with E-state index in [-0.39, 0.29) is 36.6 Å². The number of aliphatic imine (C=N–C) groups is 1. The van der Waals surface area contributed by atoms with Crippen LogP contribution in [0, 0.1) is 0 Å². The average Bonchev–Trinajstić information content (AvgIpc) is 2.64. The molecule has 0 spiro atoms. The zero-order valence-electron chi connectivity index (χ0n) is 16.6. The SMILES string of the molecule is CCNC(=NCC(=O)N(C)CC(F)(F)F)NC(C)c1cccc2ccccc12.I. The molecule has 1 atom stereocenters. The second kappa shape index (κ2) is 11.2. The van der Waals surface area contributed by atoms with Gasteiger partial charge in [0.25, 0.3) is 0 Å². The number of hydrogen-bond acceptors (Lipinski definition) is 2. The van der Waals surface area contributed by atoms with Crippen LogP contribution in [-0.2, 0) is 4.79 Å². The summed E-state index contributed by atoms with van der Waals surface area (Å²) in [5.41, 5.74) is 1.06. The molecule has 29 heavy (non-hydrogen) atoms. The topological polar surface area (TPSA) is 56.7 Å². The molecular weight excluding hydrogens is 496 g/mol. The highest BCUT2D eigenvalue weighted by atomic mass is 127. The van der Waals surface area contributed by atoms with Crippen molar-refractivity contribution in [3.8, 4) is 0 Å². The van der Waals surface area contributed by atoms with Gasteiger partial charge in [-0.05, 0) is 30.2 Å². The van der Waals surface area contributed by atoms with Crippen molar-refractivity contribution in [2.45, 2.75) is 26.1 Å². The normalized spacial score (nSPS) is 12.8. The molecule has 0 aliphatic rings. The first-order chi connectivity index (χ1) is 13.2. The lowest BCUT2D eigenvalue weighted by Crippen LogP contribution is -2.41. The van der Waals surface area contributed by atoms with Crippen molar-refractivity contribution < 1.29 is 18.0 Å². The first kappa shape index (κ1) is 25.0. The molecule has 0 aromatic heterocycles. The van der Waals surface area contributed by atoms with Crippen LogP contribution in [0.25, 0.3) is 10.8 Å². The van der Waals surface area contributed by atoms with Crippen LogP contribution in [0.5, 0.6) is 0 Å². The fourth-order valence-corrected chi connectivity index (χ4v) is 2.86. The van der Waals surface area contributed by atoms with Crippen molar-refractivity contribution in [3.05, 3.63) is 48.0 Å². The van der Waals surface area contributed by atoms with Crippen molar-refractivity contribution in [2.75, 3.05) is 26.7 Å². The number of carbonyl (C=O) groups is 1. The van der Waals surface area contributed by atoms with Gasteiger partial charge in [-0.3, -0.25) is 4.79 Å². The van der Waals surface area contributed by atoms with Gasteiger partial charge in [0.1, 0.15) is 13.1 Å². The molecule has 160 valence electrons. The molecule has 1 amide bonds. The number of amides is 1. The molecule has 0 bridgehead atoms. The highest BCUT2D eigenvalue weighted by Gasteiger charge is 2.31. The molecule has 0 fully saturated rings. The Balaban J connectivity index is 0.00000420. The predicted octanol–water partition coefficient (Wildman–Crippen LogP) is 4.09. The number of guanidine groups is 1. The molecule has 2 N–H and O–H groups in total. The van der Waals surface area contributed by atoms with Crippen molar-refractivity contribution in [2.24, 2.45) is 4.99 Å². The lowest BCUT2D eigenvalue weighted by Gasteiger charge is -2.21. The Morgan fingerprint density at radius 1 is 1.17 bits per heavy atom. The number of nitrogens with one attached hydrogen (secondary N) is 2. The molecule has 9 heteroatoms. The summed E-state index contributed by atoms with van der Waals surface area (Å²) in [7, 11) is 1.12. The van der Waals surface area contributed by atoms with E-state index in [0.29, 0.717) is 17.4 Å². The van der Waals surface area contributed by atoms with E-state index < -0.39 is 18.6 Å². The number of rotatable bonds is 6. The maximum atomic E-state index is 12.4. The third-order valence-electron chi connectivity index (χ3n) is 4.20. The summed E-state index contributed by atoms with van der Waals surface area (Å²) in [6, 6.07) is 13.9. The van der Waals surface area contributed by atoms with E-state index in [1.165, 1.54) is 0 Å². The van der Waals surface area contributed by atoms with E-state index in [4.69, 9.17) is 0 Å². The van der Waals surface area contributed by atoms with Gasteiger partial charge in [-0.1, -0.05) is 42.5 Å². The first-order valence-corrected chi connectivity index (χ1v) is 9.04. The van der Waals surface area contributed by atoms with E-state index in [2.05, 4.69) is 15.6 Å². The van der Waals surface area contributed by atoms with Crippen LogP contribution in [-0.4, -0.2) is 49.6 Å². The highest BCUT2D eigenvalue weighted by Crippen LogP contribution is 2.24. The Bertz CT molecular complexity index is 837. The van der Waals surface area contributed by atoms with Crippen LogP contribution < -0.4 is 10.6 Å². The van der Waals surface area contributed by atoms with Gasteiger partial charge in [-0.15, -0.1) is 24.0 Å². The number of likely N-dealkylation sites (N-methyl/N-ethyl adjacent to an activating group) is 1. The third kappa shape index (κ3) is 7.71. The number of halogens is 4. The molecule has 0 radical (unpaired) electrons. The molecule has 0 saturated heterocycles. The molecule has 0 saturated carbocycles. The first-order valence-electron chi connectivity index (χ1n) is 9.04. The summed E-state index contributed by atoms with van der Waals surface area (Å²) in [5, 5.41) is 8.44. The smallest absolute Gasteiger partial charge is 0.357 e. The molecule has 5 nitrogen and oxygen atoms in total. The number of carbonyl (C=O) groups excluding carboxylic acids is 1. The van der Waals surface area contributed by atoms with Gasteiger partial charge in [0.15, 0.2) is 5.96 Å². The van der Waals surface area contributed by atoms with Gasteiger partial charge >= 0.3 is 6.18 Å². The number of alkyl halides is 3. The fourth-order valence-electron chi connectivity index (χ4n) is 2.86. The van der Waals surface area contributed by atoms with Crippen LogP contribution >= 0.6 is 24.0 Å². The Kier molecular flexibility index (Phi) is 9.67. The van der Waals surface area contributed by atoms with E-state index in [9.17, 15) is 18.0 Å². The quantitative estimate of drug-likeness (QED) is 0.342.